The molecule has 3 atom stereocenters. The first-order chi connectivity index (χ1) is 16.9. The zero-order valence-electron chi connectivity index (χ0n) is 22.0. The molecule has 0 spiro atoms. The number of sulfone groups is 1. The lowest BCUT2D eigenvalue weighted by Crippen LogP contribution is -2.50. The van der Waals surface area contributed by atoms with Gasteiger partial charge in [0.15, 0.2) is 9.84 Å². The Morgan fingerprint density at radius 3 is 2.14 bits per heavy atom. The van der Waals surface area contributed by atoms with E-state index in [1.165, 1.54) is 6.92 Å². The summed E-state index contributed by atoms with van der Waals surface area (Å²) in [5.41, 5.74) is 1.91. The molecule has 0 saturated heterocycles. The summed E-state index contributed by atoms with van der Waals surface area (Å²) in [6.07, 6.45) is 4.36. The SMILES string of the molecule is C=CCCCC(c1cccc(Cl)c1)C(c1ccc(Cl)cc1)N(C(C)=O)[C@H](CS(=O)(=O)C(C)C)C(C)C. The van der Waals surface area contributed by atoms with Gasteiger partial charge in [0, 0.05) is 28.9 Å². The van der Waals surface area contributed by atoms with Crippen LogP contribution >= 0.6 is 23.2 Å². The van der Waals surface area contributed by atoms with Crippen LogP contribution in [-0.4, -0.2) is 36.3 Å². The van der Waals surface area contributed by atoms with Gasteiger partial charge in [0.1, 0.15) is 0 Å². The molecule has 198 valence electrons. The third-order valence-electron chi connectivity index (χ3n) is 6.70. The highest BCUT2D eigenvalue weighted by Crippen LogP contribution is 2.42. The molecular weight excluding hydrogens is 513 g/mol. The van der Waals surface area contributed by atoms with E-state index in [4.69, 9.17) is 23.2 Å². The second kappa shape index (κ2) is 13.6. The third-order valence-corrected chi connectivity index (χ3v) is 9.43. The summed E-state index contributed by atoms with van der Waals surface area (Å²) in [5.74, 6) is -0.452. The largest absolute Gasteiger partial charge is 0.331 e. The van der Waals surface area contributed by atoms with E-state index in [9.17, 15) is 13.2 Å². The highest BCUT2D eigenvalue weighted by Gasteiger charge is 2.39. The average Bonchev–Trinajstić information content (AvgIpc) is 2.80. The number of unbranched alkanes of at least 4 members (excludes halogenated alkanes) is 1. The normalized spacial score (nSPS) is 14.5. The summed E-state index contributed by atoms with van der Waals surface area (Å²) in [7, 11) is -3.41. The molecule has 0 saturated carbocycles. The van der Waals surface area contributed by atoms with Gasteiger partial charge >= 0.3 is 0 Å². The van der Waals surface area contributed by atoms with E-state index in [-0.39, 0.29) is 23.5 Å². The number of carbonyl (C=O) groups is 1. The minimum Gasteiger partial charge on any atom is -0.331 e. The van der Waals surface area contributed by atoms with Crippen LogP contribution < -0.4 is 0 Å². The van der Waals surface area contributed by atoms with Gasteiger partial charge in [0.05, 0.1) is 17.0 Å². The van der Waals surface area contributed by atoms with Crippen molar-refractivity contribution < 1.29 is 13.2 Å². The van der Waals surface area contributed by atoms with Crippen LogP contribution in [0.3, 0.4) is 0 Å². The van der Waals surface area contributed by atoms with E-state index in [1.54, 1.807) is 18.7 Å². The monoisotopic (exact) mass is 551 g/mol. The van der Waals surface area contributed by atoms with Gasteiger partial charge in [-0.15, -0.1) is 6.58 Å². The van der Waals surface area contributed by atoms with Gasteiger partial charge in [-0.25, -0.2) is 8.42 Å². The van der Waals surface area contributed by atoms with Gasteiger partial charge in [-0.3, -0.25) is 4.79 Å². The Balaban J connectivity index is 2.77. The number of hydrogen-bond donors (Lipinski definition) is 0. The predicted molar refractivity (Wildman–Crippen MR) is 153 cm³/mol. The van der Waals surface area contributed by atoms with Gasteiger partial charge in [0.2, 0.25) is 5.91 Å². The number of amides is 1. The molecule has 0 aliphatic carbocycles. The number of hydrogen-bond acceptors (Lipinski definition) is 3. The lowest BCUT2D eigenvalue weighted by molar-refractivity contribution is -0.135. The maximum Gasteiger partial charge on any atom is 0.220 e. The van der Waals surface area contributed by atoms with Crippen molar-refractivity contribution in [3.63, 3.8) is 0 Å². The van der Waals surface area contributed by atoms with E-state index in [0.717, 1.165) is 30.4 Å². The van der Waals surface area contributed by atoms with Crippen molar-refractivity contribution >= 4 is 38.9 Å². The summed E-state index contributed by atoms with van der Waals surface area (Å²) < 4.78 is 26.2. The van der Waals surface area contributed by atoms with Crippen LogP contribution in [0.2, 0.25) is 10.0 Å². The molecule has 0 aliphatic rings. The topological polar surface area (TPSA) is 54.5 Å². The molecule has 36 heavy (non-hydrogen) atoms. The fourth-order valence-electron chi connectivity index (χ4n) is 4.63. The van der Waals surface area contributed by atoms with Gasteiger partial charge in [-0.05, 0) is 74.4 Å². The molecule has 0 bridgehead atoms. The highest BCUT2D eigenvalue weighted by molar-refractivity contribution is 7.92. The van der Waals surface area contributed by atoms with Gasteiger partial charge in [0.25, 0.3) is 0 Å². The fraction of sp³-hybridized carbons (Fsp3) is 0.483. The molecule has 2 rings (SSSR count). The summed E-state index contributed by atoms with van der Waals surface area (Å²) in [6.45, 7) is 12.7. The third kappa shape index (κ3) is 8.09. The molecule has 0 fully saturated rings. The van der Waals surface area contributed by atoms with Crippen LogP contribution in [0.4, 0.5) is 0 Å². The number of benzene rings is 2. The lowest BCUT2D eigenvalue weighted by Gasteiger charge is -2.44. The fourth-order valence-corrected chi connectivity index (χ4v) is 6.36. The molecule has 2 aromatic carbocycles. The molecule has 0 radical (unpaired) electrons. The van der Waals surface area contributed by atoms with Crippen molar-refractivity contribution in [1.29, 1.82) is 0 Å². The molecular formula is C29H39Cl2NO3S. The second-order valence-corrected chi connectivity index (χ2v) is 13.5. The van der Waals surface area contributed by atoms with E-state index in [2.05, 4.69) is 6.58 Å². The Kier molecular flexibility index (Phi) is 11.5. The summed E-state index contributed by atoms with van der Waals surface area (Å²) in [4.78, 5) is 15.2. The zero-order chi connectivity index (χ0) is 27.0. The molecule has 1 amide bonds. The van der Waals surface area contributed by atoms with Crippen LogP contribution in [-0.2, 0) is 14.6 Å². The molecule has 2 unspecified atom stereocenters. The maximum absolute atomic E-state index is 13.4. The first-order valence-electron chi connectivity index (χ1n) is 12.5. The summed E-state index contributed by atoms with van der Waals surface area (Å²) in [5, 5.41) is 0.687. The van der Waals surface area contributed by atoms with Crippen LogP contribution in [0.1, 0.15) is 77.0 Å². The Bertz CT molecular complexity index is 1110. The number of rotatable bonds is 13. The lowest BCUT2D eigenvalue weighted by atomic mass is 9.81. The number of allylic oxidation sites excluding steroid dienone is 1. The first kappa shape index (κ1) is 30.4. The quantitative estimate of drug-likeness (QED) is 0.188. The standard InChI is InChI=1S/C29H39Cl2NO3S/c1-7-8-9-13-27(24-11-10-12-26(31)18-24)29(23-14-16-25(30)17-15-23)32(22(6)33)28(20(2)3)19-36(34,35)21(4)5/h7,10-12,14-18,20-21,27-29H,1,8-9,13,19H2,2-6H3/t27?,28-,29?/m1/s1. The summed E-state index contributed by atoms with van der Waals surface area (Å²) >= 11 is 12.6. The Morgan fingerprint density at radius 1 is 1.00 bits per heavy atom. The van der Waals surface area contributed by atoms with Crippen molar-refractivity contribution in [3.8, 4) is 0 Å². The second-order valence-electron chi connectivity index (χ2n) is 9.99. The average molecular weight is 553 g/mol. The Hall–Kier alpha value is -1.82. The van der Waals surface area contributed by atoms with Crippen LogP contribution in [0.15, 0.2) is 61.2 Å². The predicted octanol–water partition coefficient (Wildman–Crippen LogP) is 7.87. The van der Waals surface area contributed by atoms with Crippen molar-refractivity contribution in [2.45, 2.75) is 77.1 Å². The first-order valence-corrected chi connectivity index (χ1v) is 15.0. The highest BCUT2D eigenvalue weighted by atomic mass is 35.5. The molecule has 0 heterocycles. The van der Waals surface area contributed by atoms with Crippen molar-refractivity contribution in [2.24, 2.45) is 5.92 Å². The van der Waals surface area contributed by atoms with Crippen molar-refractivity contribution in [3.05, 3.63) is 82.4 Å². The molecule has 2 aromatic rings. The number of nitrogens with zero attached hydrogens (tertiary/aromatic N) is 1. The van der Waals surface area contributed by atoms with E-state index in [1.807, 2.05) is 68.5 Å². The van der Waals surface area contributed by atoms with Crippen LogP contribution in [0, 0.1) is 5.92 Å². The van der Waals surface area contributed by atoms with Crippen molar-refractivity contribution in [2.75, 3.05) is 5.75 Å². The van der Waals surface area contributed by atoms with Gasteiger partial charge in [-0.2, -0.15) is 0 Å². The van der Waals surface area contributed by atoms with Crippen LogP contribution in [0.5, 0.6) is 0 Å². The minimum atomic E-state index is -3.41. The maximum atomic E-state index is 13.4. The van der Waals surface area contributed by atoms with E-state index in [0.29, 0.717) is 10.0 Å². The number of carbonyl (C=O) groups excluding carboxylic acids is 1. The smallest absolute Gasteiger partial charge is 0.220 e. The minimum absolute atomic E-state index is 0.0783. The molecule has 7 heteroatoms. The van der Waals surface area contributed by atoms with Crippen molar-refractivity contribution in [1.82, 2.24) is 4.90 Å². The Labute approximate surface area is 227 Å². The van der Waals surface area contributed by atoms with E-state index < -0.39 is 27.2 Å². The molecule has 0 aliphatic heterocycles. The Morgan fingerprint density at radius 2 is 1.64 bits per heavy atom. The van der Waals surface area contributed by atoms with Gasteiger partial charge < -0.3 is 4.90 Å². The molecule has 4 nitrogen and oxygen atoms in total. The van der Waals surface area contributed by atoms with Gasteiger partial charge in [-0.1, -0.05) is 67.4 Å². The van der Waals surface area contributed by atoms with Crippen LogP contribution in [0.25, 0.3) is 0 Å². The summed E-state index contributed by atoms with van der Waals surface area (Å²) in [6, 6.07) is 14.3. The zero-order valence-corrected chi connectivity index (χ0v) is 24.3. The number of halogens is 2. The molecule has 0 N–H and O–H groups in total. The van der Waals surface area contributed by atoms with E-state index >= 15 is 0 Å². The molecule has 0 aromatic heterocycles.